The Balaban J connectivity index is 3.15. The van der Waals surface area contributed by atoms with E-state index in [0.29, 0.717) is 11.4 Å². The molecule has 0 aliphatic carbocycles. The standard InChI is InChI=1S/C10H13ClN2O3/c1-3-16-10(14)6-4-8(13-12)9(15-2)5-7(6)11/h4-5,13H,3,12H2,1-2H3. The number of nitrogens with one attached hydrogen (secondary N) is 1. The highest BCUT2D eigenvalue weighted by Gasteiger charge is 2.15. The molecule has 0 aliphatic heterocycles. The van der Waals surface area contributed by atoms with E-state index in [1.807, 2.05) is 0 Å². The predicted molar refractivity (Wildman–Crippen MR) is 61.8 cm³/mol. The van der Waals surface area contributed by atoms with Gasteiger partial charge in [0.2, 0.25) is 0 Å². The summed E-state index contributed by atoms with van der Waals surface area (Å²) in [4.78, 5) is 11.5. The number of hydrazine groups is 1. The number of ether oxygens (including phenoxy) is 2. The lowest BCUT2D eigenvalue weighted by Crippen LogP contribution is -2.11. The number of benzene rings is 1. The molecule has 0 heterocycles. The maximum absolute atomic E-state index is 11.5. The Bertz CT molecular complexity index is 396. The molecule has 0 bridgehead atoms. The number of halogens is 1. The Kier molecular flexibility index (Phi) is 4.39. The zero-order valence-corrected chi connectivity index (χ0v) is 9.80. The van der Waals surface area contributed by atoms with E-state index in [1.54, 1.807) is 6.92 Å². The minimum atomic E-state index is -0.494. The van der Waals surface area contributed by atoms with Crippen molar-refractivity contribution in [3.8, 4) is 5.75 Å². The molecule has 1 rings (SSSR count). The van der Waals surface area contributed by atoms with Gasteiger partial charge < -0.3 is 14.9 Å². The summed E-state index contributed by atoms with van der Waals surface area (Å²) in [6.45, 7) is 2.00. The Morgan fingerprint density at radius 1 is 1.56 bits per heavy atom. The molecule has 0 spiro atoms. The molecule has 6 heteroatoms. The lowest BCUT2D eigenvalue weighted by Gasteiger charge is -2.11. The summed E-state index contributed by atoms with van der Waals surface area (Å²) in [6, 6.07) is 2.99. The molecule has 88 valence electrons. The second-order valence-electron chi connectivity index (χ2n) is 2.90. The van der Waals surface area contributed by atoms with Gasteiger partial charge in [0.05, 0.1) is 30.0 Å². The van der Waals surface area contributed by atoms with E-state index in [9.17, 15) is 4.79 Å². The summed E-state index contributed by atoms with van der Waals surface area (Å²) in [7, 11) is 1.48. The molecule has 5 nitrogen and oxygen atoms in total. The zero-order valence-electron chi connectivity index (χ0n) is 9.04. The number of hydrogen-bond acceptors (Lipinski definition) is 5. The second kappa shape index (κ2) is 5.58. The van der Waals surface area contributed by atoms with Gasteiger partial charge in [-0.3, -0.25) is 5.84 Å². The van der Waals surface area contributed by atoms with Gasteiger partial charge in [-0.05, 0) is 13.0 Å². The molecule has 0 atom stereocenters. The van der Waals surface area contributed by atoms with Crippen LogP contribution >= 0.6 is 11.6 Å². The van der Waals surface area contributed by atoms with Crippen molar-refractivity contribution >= 4 is 23.3 Å². The zero-order chi connectivity index (χ0) is 12.1. The number of carbonyl (C=O) groups is 1. The highest BCUT2D eigenvalue weighted by Crippen LogP contribution is 2.31. The quantitative estimate of drug-likeness (QED) is 0.480. The molecular weight excluding hydrogens is 232 g/mol. The molecule has 16 heavy (non-hydrogen) atoms. The van der Waals surface area contributed by atoms with Gasteiger partial charge >= 0.3 is 5.97 Å². The minimum absolute atomic E-state index is 0.247. The summed E-state index contributed by atoms with van der Waals surface area (Å²) in [5.74, 6) is 5.26. The van der Waals surface area contributed by atoms with E-state index in [0.717, 1.165) is 0 Å². The van der Waals surface area contributed by atoms with Crippen LogP contribution in [0.1, 0.15) is 17.3 Å². The summed E-state index contributed by atoms with van der Waals surface area (Å²) in [6.07, 6.45) is 0. The Morgan fingerprint density at radius 2 is 2.25 bits per heavy atom. The van der Waals surface area contributed by atoms with Crippen LogP contribution in [0, 0.1) is 0 Å². The lowest BCUT2D eigenvalue weighted by molar-refractivity contribution is 0.0526. The first-order chi connectivity index (χ1) is 7.63. The fourth-order valence-electron chi connectivity index (χ4n) is 1.20. The third-order valence-corrected chi connectivity index (χ3v) is 2.25. The molecule has 0 unspecified atom stereocenters. The van der Waals surface area contributed by atoms with Gasteiger partial charge in [-0.25, -0.2) is 4.79 Å². The summed E-state index contributed by atoms with van der Waals surface area (Å²) < 4.78 is 9.88. The summed E-state index contributed by atoms with van der Waals surface area (Å²) >= 11 is 5.92. The number of methoxy groups -OCH3 is 1. The van der Waals surface area contributed by atoms with E-state index in [1.165, 1.54) is 19.2 Å². The van der Waals surface area contributed by atoms with Crippen LogP contribution in [0.4, 0.5) is 5.69 Å². The Morgan fingerprint density at radius 3 is 2.75 bits per heavy atom. The second-order valence-corrected chi connectivity index (χ2v) is 3.30. The van der Waals surface area contributed by atoms with Crippen molar-refractivity contribution in [2.45, 2.75) is 6.92 Å². The van der Waals surface area contributed by atoms with E-state index in [2.05, 4.69) is 5.43 Å². The molecule has 0 amide bonds. The molecule has 0 fully saturated rings. The highest BCUT2D eigenvalue weighted by molar-refractivity contribution is 6.34. The van der Waals surface area contributed by atoms with Gasteiger partial charge in [0.15, 0.2) is 0 Å². The van der Waals surface area contributed by atoms with Crippen LogP contribution in [-0.4, -0.2) is 19.7 Å². The maximum Gasteiger partial charge on any atom is 0.339 e. The monoisotopic (exact) mass is 244 g/mol. The van der Waals surface area contributed by atoms with Crippen LogP contribution in [0.15, 0.2) is 12.1 Å². The third-order valence-electron chi connectivity index (χ3n) is 1.94. The third kappa shape index (κ3) is 2.56. The molecule has 3 N–H and O–H groups in total. The van der Waals surface area contributed by atoms with Gasteiger partial charge in [-0.1, -0.05) is 11.6 Å². The SMILES string of the molecule is CCOC(=O)c1cc(NN)c(OC)cc1Cl. The van der Waals surface area contributed by atoms with Crippen molar-refractivity contribution in [2.75, 3.05) is 19.1 Å². The molecule has 0 aromatic heterocycles. The van der Waals surface area contributed by atoms with Crippen LogP contribution in [-0.2, 0) is 4.74 Å². The number of hydrogen-bond donors (Lipinski definition) is 2. The van der Waals surface area contributed by atoms with Crippen LogP contribution in [0.5, 0.6) is 5.75 Å². The molecular formula is C10H13ClN2O3. The first-order valence-electron chi connectivity index (χ1n) is 4.65. The van der Waals surface area contributed by atoms with Crippen molar-refractivity contribution in [3.63, 3.8) is 0 Å². The fourth-order valence-corrected chi connectivity index (χ4v) is 1.43. The number of rotatable bonds is 4. The number of nitrogen functional groups attached to an aromatic ring is 1. The van der Waals surface area contributed by atoms with E-state index in [-0.39, 0.29) is 17.2 Å². The van der Waals surface area contributed by atoms with Crippen LogP contribution in [0.2, 0.25) is 5.02 Å². The number of anilines is 1. The fraction of sp³-hybridized carbons (Fsp3) is 0.300. The molecule has 0 aliphatic rings. The van der Waals surface area contributed by atoms with Gasteiger partial charge in [-0.15, -0.1) is 0 Å². The molecule has 1 aromatic rings. The smallest absolute Gasteiger partial charge is 0.339 e. The molecule has 0 saturated heterocycles. The number of nitrogens with two attached hydrogens (primary N) is 1. The van der Waals surface area contributed by atoms with Gasteiger partial charge in [0.25, 0.3) is 0 Å². The van der Waals surface area contributed by atoms with Crippen molar-refractivity contribution < 1.29 is 14.3 Å². The molecule has 1 aromatic carbocycles. The largest absolute Gasteiger partial charge is 0.494 e. The molecule has 0 saturated carbocycles. The van der Waals surface area contributed by atoms with Crippen LogP contribution < -0.4 is 16.0 Å². The van der Waals surface area contributed by atoms with Gasteiger partial charge in [0, 0.05) is 6.07 Å². The Hall–Kier alpha value is -1.46. The van der Waals surface area contributed by atoms with E-state index < -0.39 is 5.97 Å². The summed E-state index contributed by atoms with van der Waals surface area (Å²) in [5.41, 5.74) is 3.13. The Labute approximate surface area is 98.4 Å². The average molecular weight is 245 g/mol. The van der Waals surface area contributed by atoms with Crippen LogP contribution in [0.3, 0.4) is 0 Å². The predicted octanol–water partition coefficient (Wildman–Crippen LogP) is 1.81. The average Bonchev–Trinajstić information content (AvgIpc) is 2.28. The maximum atomic E-state index is 11.5. The minimum Gasteiger partial charge on any atom is -0.494 e. The van der Waals surface area contributed by atoms with Crippen LogP contribution in [0.25, 0.3) is 0 Å². The normalized spacial score (nSPS) is 9.75. The van der Waals surface area contributed by atoms with Crippen molar-refractivity contribution in [1.82, 2.24) is 0 Å². The van der Waals surface area contributed by atoms with Crippen molar-refractivity contribution in [1.29, 1.82) is 0 Å². The van der Waals surface area contributed by atoms with E-state index >= 15 is 0 Å². The lowest BCUT2D eigenvalue weighted by atomic mass is 10.2. The van der Waals surface area contributed by atoms with Crippen molar-refractivity contribution in [2.24, 2.45) is 5.84 Å². The first kappa shape index (κ1) is 12.6. The first-order valence-corrected chi connectivity index (χ1v) is 5.03. The molecule has 0 radical (unpaired) electrons. The summed E-state index contributed by atoms with van der Waals surface area (Å²) in [5, 5.41) is 0.259. The van der Waals surface area contributed by atoms with E-state index in [4.69, 9.17) is 26.9 Å². The van der Waals surface area contributed by atoms with Crippen molar-refractivity contribution in [3.05, 3.63) is 22.7 Å². The topological polar surface area (TPSA) is 73.6 Å². The number of carbonyl (C=O) groups excluding carboxylic acids is 1. The van der Waals surface area contributed by atoms with Gasteiger partial charge in [-0.2, -0.15) is 0 Å². The van der Waals surface area contributed by atoms with Gasteiger partial charge in [0.1, 0.15) is 5.75 Å². The highest BCUT2D eigenvalue weighted by atomic mass is 35.5. The number of esters is 1.